The molecule has 3 amide bonds. The van der Waals surface area contributed by atoms with E-state index >= 15 is 0 Å². The quantitative estimate of drug-likeness (QED) is 0.761. The summed E-state index contributed by atoms with van der Waals surface area (Å²) in [5.74, 6) is 0.283. The van der Waals surface area contributed by atoms with Crippen molar-refractivity contribution in [1.29, 1.82) is 0 Å². The number of nitrogens with zero attached hydrogens (tertiary/aromatic N) is 1. The fraction of sp³-hybridized carbons (Fsp3) is 0.550. The molecule has 3 aliphatic rings. The molecule has 0 unspecified atom stereocenters. The van der Waals surface area contributed by atoms with Crippen LogP contribution in [0.15, 0.2) is 16.6 Å². The largest absolute Gasteiger partial charge is 0.326 e. The number of halogens is 1. The molecule has 138 valence electrons. The molecule has 0 radical (unpaired) electrons. The summed E-state index contributed by atoms with van der Waals surface area (Å²) in [6, 6.07) is 3.89. The van der Waals surface area contributed by atoms with E-state index in [1.54, 1.807) is 0 Å². The molecule has 0 spiro atoms. The van der Waals surface area contributed by atoms with Crippen molar-refractivity contribution in [1.82, 2.24) is 4.90 Å². The number of benzene rings is 1. The number of carbonyl (C=O) groups excluding carboxylic acids is 3. The number of hydrogen-bond acceptors (Lipinski definition) is 3. The van der Waals surface area contributed by atoms with E-state index < -0.39 is 0 Å². The summed E-state index contributed by atoms with van der Waals surface area (Å²) in [5, 5.41) is 2.90. The average Bonchev–Trinajstić information content (AvgIpc) is 3.26. The Kier molecular flexibility index (Phi) is 4.41. The number of anilines is 1. The number of likely N-dealkylation sites (tertiary alicyclic amines) is 1. The lowest BCUT2D eigenvalue weighted by Crippen LogP contribution is -2.35. The minimum Gasteiger partial charge on any atom is -0.326 e. The van der Waals surface area contributed by atoms with Crippen LogP contribution in [0.1, 0.15) is 36.8 Å². The maximum atomic E-state index is 12.7. The molecule has 4 rings (SSSR count). The van der Waals surface area contributed by atoms with E-state index in [0.717, 1.165) is 40.5 Å². The predicted molar refractivity (Wildman–Crippen MR) is 101 cm³/mol. The molecule has 1 heterocycles. The van der Waals surface area contributed by atoms with Crippen LogP contribution in [0.2, 0.25) is 0 Å². The molecule has 0 aromatic heterocycles. The highest BCUT2D eigenvalue weighted by atomic mass is 79.9. The molecular weight excluding hydrogens is 396 g/mol. The van der Waals surface area contributed by atoms with Crippen molar-refractivity contribution in [3.63, 3.8) is 0 Å². The summed E-state index contributed by atoms with van der Waals surface area (Å²) in [4.78, 5) is 39.0. The summed E-state index contributed by atoms with van der Waals surface area (Å²) in [7, 11) is 0. The van der Waals surface area contributed by atoms with E-state index in [0.29, 0.717) is 11.8 Å². The van der Waals surface area contributed by atoms with Crippen molar-refractivity contribution in [2.45, 2.75) is 39.5 Å². The zero-order valence-electron chi connectivity index (χ0n) is 15.0. The molecule has 2 aliphatic carbocycles. The first-order valence-electron chi connectivity index (χ1n) is 9.28. The van der Waals surface area contributed by atoms with Gasteiger partial charge in [-0.25, -0.2) is 0 Å². The number of amides is 3. The van der Waals surface area contributed by atoms with Crippen molar-refractivity contribution >= 4 is 39.3 Å². The van der Waals surface area contributed by atoms with Crippen molar-refractivity contribution in [3.05, 3.63) is 27.7 Å². The van der Waals surface area contributed by atoms with Gasteiger partial charge in [0, 0.05) is 23.1 Å². The van der Waals surface area contributed by atoms with Crippen LogP contribution in [0.5, 0.6) is 0 Å². The first-order chi connectivity index (χ1) is 12.4. The Morgan fingerprint density at radius 2 is 1.73 bits per heavy atom. The van der Waals surface area contributed by atoms with Crippen LogP contribution < -0.4 is 5.32 Å². The number of nitrogens with one attached hydrogen (secondary N) is 1. The van der Waals surface area contributed by atoms with E-state index in [4.69, 9.17) is 0 Å². The summed E-state index contributed by atoms with van der Waals surface area (Å²) in [6.45, 7) is 4.09. The molecule has 26 heavy (non-hydrogen) atoms. The minimum absolute atomic E-state index is 0.0457. The van der Waals surface area contributed by atoms with E-state index in [-0.39, 0.29) is 42.5 Å². The molecule has 4 atom stereocenters. The molecule has 6 heteroatoms. The lowest BCUT2D eigenvalue weighted by Gasteiger charge is -2.19. The van der Waals surface area contributed by atoms with Crippen molar-refractivity contribution in [3.8, 4) is 0 Å². The van der Waals surface area contributed by atoms with Crippen LogP contribution >= 0.6 is 15.9 Å². The van der Waals surface area contributed by atoms with Crippen LogP contribution in [0, 0.1) is 37.5 Å². The first kappa shape index (κ1) is 17.7. The Hall–Kier alpha value is -1.69. The third-order valence-electron chi connectivity index (χ3n) is 6.36. The first-order valence-corrected chi connectivity index (χ1v) is 10.1. The van der Waals surface area contributed by atoms with E-state index in [2.05, 4.69) is 21.2 Å². The maximum absolute atomic E-state index is 12.7. The zero-order chi connectivity index (χ0) is 18.6. The number of imide groups is 1. The molecule has 2 bridgehead atoms. The fourth-order valence-electron chi connectivity index (χ4n) is 5.03. The Bertz CT molecular complexity index is 778. The number of rotatable bonds is 4. The van der Waals surface area contributed by atoms with Crippen LogP contribution in [-0.4, -0.2) is 29.2 Å². The molecule has 1 aromatic carbocycles. The number of carbonyl (C=O) groups is 3. The molecule has 3 fully saturated rings. The Morgan fingerprint density at radius 3 is 2.35 bits per heavy atom. The molecule has 2 saturated carbocycles. The van der Waals surface area contributed by atoms with Gasteiger partial charge < -0.3 is 5.32 Å². The highest BCUT2D eigenvalue weighted by molar-refractivity contribution is 9.10. The molecular formula is C20H23BrN2O3. The molecule has 1 aliphatic heterocycles. The third-order valence-corrected chi connectivity index (χ3v) is 7.22. The zero-order valence-corrected chi connectivity index (χ0v) is 16.6. The molecule has 5 nitrogen and oxygen atoms in total. The molecule has 1 aromatic rings. The van der Waals surface area contributed by atoms with Gasteiger partial charge in [0.1, 0.15) is 0 Å². The van der Waals surface area contributed by atoms with Gasteiger partial charge in [0.05, 0.1) is 11.8 Å². The molecule has 1 N–H and O–H groups in total. The standard InChI is InChI=1S/C20H23BrN2O3/c1-10-8-15(11(2)7-14(10)21)22-16(24)5-6-23-19(25)17-12-3-4-13(9-12)18(17)20(23)26/h7-8,12-13,17-18H,3-6,9H2,1-2H3,(H,22,24)/t12-,13-,17+,18+/m1/s1. The van der Waals surface area contributed by atoms with Gasteiger partial charge in [0.15, 0.2) is 0 Å². The lowest BCUT2D eigenvalue weighted by molar-refractivity contribution is -0.140. The topological polar surface area (TPSA) is 66.5 Å². The van der Waals surface area contributed by atoms with Crippen LogP contribution in [0.4, 0.5) is 5.69 Å². The van der Waals surface area contributed by atoms with Gasteiger partial charge in [-0.15, -0.1) is 0 Å². The highest BCUT2D eigenvalue weighted by Crippen LogP contribution is 2.56. The Labute approximate surface area is 161 Å². The number of fused-ring (bicyclic) bond motifs is 5. The Balaban J connectivity index is 1.39. The van der Waals surface area contributed by atoms with Crippen molar-refractivity contribution in [2.24, 2.45) is 23.7 Å². The van der Waals surface area contributed by atoms with E-state index in [9.17, 15) is 14.4 Å². The van der Waals surface area contributed by atoms with Gasteiger partial charge in [0.25, 0.3) is 0 Å². The highest BCUT2D eigenvalue weighted by Gasteiger charge is 2.60. The number of aryl methyl sites for hydroxylation is 2. The van der Waals surface area contributed by atoms with Crippen LogP contribution in [0.25, 0.3) is 0 Å². The molecule has 1 saturated heterocycles. The van der Waals surface area contributed by atoms with Crippen LogP contribution in [-0.2, 0) is 14.4 Å². The SMILES string of the molecule is Cc1cc(NC(=O)CCN2C(=O)[C@H]3[C@@H]4CC[C@H](C4)[C@@H]3C2=O)c(C)cc1Br. The van der Waals surface area contributed by atoms with E-state index in [1.807, 2.05) is 26.0 Å². The Morgan fingerprint density at radius 1 is 1.12 bits per heavy atom. The minimum atomic E-state index is -0.171. The van der Waals surface area contributed by atoms with E-state index in [1.165, 1.54) is 4.90 Å². The second-order valence-corrected chi connectivity index (χ2v) is 8.78. The smallest absolute Gasteiger partial charge is 0.233 e. The summed E-state index contributed by atoms with van der Waals surface area (Å²) >= 11 is 3.48. The second-order valence-electron chi connectivity index (χ2n) is 7.93. The second kappa shape index (κ2) is 6.48. The fourth-order valence-corrected chi connectivity index (χ4v) is 5.49. The van der Waals surface area contributed by atoms with Gasteiger partial charge in [-0.1, -0.05) is 15.9 Å². The van der Waals surface area contributed by atoms with Crippen LogP contribution in [0.3, 0.4) is 0 Å². The summed E-state index contributed by atoms with van der Waals surface area (Å²) in [6.07, 6.45) is 3.31. The number of hydrogen-bond donors (Lipinski definition) is 1. The lowest BCUT2D eigenvalue weighted by atomic mass is 9.81. The van der Waals surface area contributed by atoms with Crippen molar-refractivity contribution in [2.75, 3.05) is 11.9 Å². The van der Waals surface area contributed by atoms with Gasteiger partial charge >= 0.3 is 0 Å². The normalized spacial score (nSPS) is 29.4. The predicted octanol–water partition coefficient (Wildman–Crippen LogP) is 3.43. The van der Waals surface area contributed by atoms with Gasteiger partial charge in [-0.2, -0.15) is 0 Å². The van der Waals surface area contributed by atoms with Gasteiger partial charge in [-0.05, 0) is 68.2 Å². The monoisotopic (exact) mass is 418 g/mol. The third kappa shape index (κ3) is 2.79. The average molecular weight is 419 g/mol. The summed E-state index contributed by atoms with van der Waals surface area (Å²) < 4.78 is 1.00. The van der Waals surface area contributed by atoms with Gasteiger partial charge in [-0.3, -0.25) is 19.3 Å². The maximum Gasteiger partial charge on any atom is 0.233 e. The van der Waals surface area contributed by atoms with Gasteiger partial charge in [0.2, 0.25) is 17.7 Å². The van der Waals surface area contributed by atoms with Crippen molar-refractivity contribution < 1.29 is 14.4 Å². The summed E-state index contributed by atoms with van der Waals surface area (Å²) in [5.41, 5.74) is 2.78.